The smallest absolute Gasteiger partial charge is 0.329 e. The van der Waals surface area contributed by atoms with Crippen molar-refractivity contribution in [2.45, 2.75) is 33.4 Å². The van der Waals surface area contributed by atoms with Crippen LogP contribution in [0.25, 0.3) is 6.08 Å². The van der Waals surface area contributed by atoms with E-state index in [1.807, 2.05) is 20.8 Å². The Kier molecular flexibility index (Phi) is 6.77. The van der Waals surface area contributed by atoms with Crippen LogP contribution in [0.4, 0.5) is 9.18 Å². The standard InChI is InChI=1S/C22H22BrFN2O4/c1-4-29-19-11-14(9-16(23)20(19)30-13(2)3)10-18-21(27)26(22(28)25-18)12-15-7-5-6-8-17(15)24/h5-11,13H,4,12H2,1-3H3,(H,25,28)/b18-10-. The number of carbonyl (C=O) groups excluding carboxylic acids is 2. The van der Waals surface area contributed by atoms with E-state index in [1.54, 1.807) is 30.3 Å². The molecule has 0 radical (unpaired) electrons. The summed E-state index contributed by atoms with van der Waals surface area (Å²) in [6.07, 6.45) is 1.50. The second-order valence-corrected chi connectivity index (χ2v) is 7.75. The molecule has 8 heteroatoms. The normalized spacial score (nSPS) is 15.1. The van der Waals surface area contributed by atoms with E-state index in [-0.39, 0.29) is 23.9 Å². The molecule has 3 amide bonds. The Balaban J connectivity index is 1.88. The number of imide groups is 1. The summed E-state index contributed by atoms with van der Waals surface area (Å²) in [5.41, 5.74) is 1.000. The summed E-state index contributed by atoms with van der Waals surface area (Å²) in [6.45, 7) is 5.97. The lowest BCUT2D eigenvalue weighted by Gasteiger charge is -2.17. The van der Waals surface area contributed by atoms with E-state index in [2.05, 4.69) is 21.2 Å². The second-order valence-electron chi connectivity index (χ2n) is 6.90. The highest BCUT2D eigenvalue weighted by Gasteiger charge is 2.34. The maximum Gasteiger partial charge on any atom is 0.329 e. The van der Waals surface area contributed by atoms with Crippen molar-refractivity contribution in [2.24, 2.45) is 0 Å². The number of urea groups is 1. The molecule has 1 aliphatic heterocycles. The van der Waals surface area contributed by atoms with Gasteiger partial charge in [-0.15, -0.1) is 0 Å². The Bertz CT molecular complexity index is 1010. The predicted molar refractivity (Wildman–Crippen MR) is 115 cm³/mol. The van der Waals surface area contributed by atoms with E-state index < -0.39 is 17.8 Å². The number of hydrogen-bond acceptors (Lipinski definition) is 4. The molecule has 0 spiro atoms. The molecule has 1 heterocycles. The van der Waals surface area contributed by atoms with Crippen molar-refractivity contribution >= 4 is 33.9 Å². The minimum atomic E-state index is -0.599. The summed E-state index contributed by atoms with van der Waals surface area (Å²) in [6, 6.07) is 8.94. The van der Waals surface area contributed by atoms with E-state index >= 15 is 0 Å². The Morgan fingerprint density at radius 3 is 2.63 bits per heavy atom. The lowest BCUT2D eigenvalue weighted by atomic mass is 10.1. The van der Waals surface area contributed by atoms with Gasteiger partial charge in [0.05, 0.1) is 23.7 Å². The number of rotatable bonds is 7. The molecule has 0 unspecified atom stereocenters. The van der Waals surface area contributed by atoms with E-state index in [9.17, 15) is 14.0 Å². The van der Waals surface area contributed by atoms with Crippen LogP contribution < -0.4 is 14.8 Å². The topological polar surface area (TPSA) is 67.9 Å². The molecule has 1 fully saturated rings. The molecule has 3 rings (SSSR count). The van der Waals surface area contributed by atoms with Crippen molar-refractivity contribution in [3.8, 4) is 11.5 Å². The van der Waals surface area contributed by atoms with E-state index in [4.69, 9.17) is 9.47 Å². The largest absolute Gasteiger partial charge is 0.490 e. The number of carbonyl (C=O) groups is 2. The molecule has 0 saturated carbocycles. The van der Waals surface area contributed by atoms with Crippen LogP contribution in [-0.2, 0) is 11.3 Å². The molecule has 30 heavy (non-hydrogen) atoms. The molecule has 6 nitrogen and oxygen atoms in total. The molecule has 2 aromatic carbocycles. The van der Waals surface area contributed by atoms with Gasteiger partial charge in [-0.2, -0.15) is 0 Å². The number of halogens is 2. The Labute approximate surface area is 182 Å². The molecule has 0 aromatic heterocycles. The number of benzene rings is 2. The lowest BCUT2D eigenvalue weighted by Crippen LogP contribution is -2.30. The average Bonchev–Trinajstić information content (AvgIpc) is 2.93. The maximum absolute atomic E-state index is 13.9. The number of nitrogens with zero attached hydrogens (tertiary/aromatic N) is 1. The first-order valence-corrected chi connectivity index (χ1v) is 10.3. The summed E-state index contributed by atoms with van der Waals surface area (Å²) in [5.74, 6) is 0.0887. The molecule has 0 bridgehead atoms. The Morgan fingerprint density at radius 1 is 1.23 bits per heavy atom. The fourth-order valence-corrected chi connectivity index (χ4v) is 3.52. The van der Waals surface area contributed by atoms with Crippen molar-refractivity contribution < 1.29 is 23.5 Å². The number of ether oxygens (including phenoxy) is 2. The van der Waals surface area contributed by atoms with Gasteiger partial charge < -0.3 is 14.8 Å². The monoisotopic (exact) mass is 476 g/mol. The summed E-state index contributed by atoms with van der Waals surface area (Å²) in [5, 5.41) is 2.55. The number of nitrogens with one attached hydrogen (secondary N) is 1. The van der Waals surface area contributed by atoms with Crippen LogP contribution in [0.2, 0.25) is 0 Å². The minimum Gasteiger partial charge on any atom is -0.490 e. The van der Waals surface area contributed by atoms with Gasteiger partial charge in [-0.05, 0) is 66.5 Å². The van der Waals surface area contributed by atoms with Crippen molar-refractivity contribution in [2.75, 3.05) is 6.61 Å². The fraction of sp³-hybridized carbons (Fsp3) is 0.273. The highest BCUT2D eigenvalue weighted by molar-refractivity contribution is 9.10. The second kappa shape index (κ2) is 9.30. The highest BCUT2D eigenvalue weighted by Crippen LogP contribution is 2.38. The van der Waals surface area contributed by atoms with Crippen LogP contribution in [0.15, 0.2) is 46.6 Å². The molecular weight excluding hydrogens is 455 g/mol. The summed E-state index contributed by atoms with van der Waals surface area (Å²) in [7, 11) is 0. The Hall–Kier alpha value is -2.87. The molecule has 158 valence electrons. The summed E-state index contributed by atoms with van der Waals surface area (Å²) < 4.78 is 26.1. The Morgan fingerprint density at radius 2 is 1.97 bits per heavy atom. The summed E-state index contributed by atoms with van der Waals surface area (Å²) in [4.78, 5) is 26.0. The number of amides is 3. The minimum absolute atomic E-state index is 0.0488. The molecule has 0 atom stereocenters. The van der Waals surface area contributed by atoms with E-state index in [0.29, 0.717) is 28.1 Å². The highest BCUT2D eigenvalue weighted by atomic mass is 79.9. The zero-order valence-corrected chi connectivity index (χ0v) is 18.5. The third-order valence-corrected chi connectivity index (χ3v) is 4.83. The van der Waals surface area contributed by atoms with Crippen molar-refractivity contribution in [1.82, 2.24) is 10.2 Å². The molecule has 2 aromatic rings. The SMILES string of the molecule is CCOc1cc(/C=C2\NC(=O)N(Cc3ccccc3F)C2=O)cc(Br)c1OC(C)C. The van der Waals surface area contributed by atoms with Crippen molar-refractivity contribution in [3.05, 3.63) is 63.5 Å². The van der Waals surface area contributed by atoms with Gasteiger partial charge in [0.1, 0.15) is 11.5 Å². The van der Waals surface area contributed by atoms with Crippen LogP contribution in [0, 0.1) is 5.82 Å². The van der Waals surface area contributed by atoms with Crippen LogP contribution in [0.3, 0.4) is 0 Å². The molecule has 1 saturated heterocycles. The predicted octanol–water partition coefficient (Wildman–Crippen LogP) is 4.87. The fourth-order valence-electron chi connectivity index (χ4n) is 2.96. The van der Waals surface area contributed by atoms with Crippen LogP contribution in [-0.4, -0.2) is 29.5 Å². The molecule has 1 aliphatic rings. The molecular formula is C22H22BrFN2O4. The molecule has 0 aliphatic carbocycles. The van der Waals surface area contributed by atoms with Gasteiger partial charge in [-0.3, -0.25) is 9.69 Å². The number of hydrogen-bond donors (Lipinski definition) is 1. The van der Waals surface area contributed by atoms with Crippen LogP contribution in [0.1, 0.15) is 31.9 Å². The van der Waals surface area contributed by atoms with Crippen molar-refractivity contribution in [1.29, 1.82) is 0 Å². The first-order chi connectivity index (χ1) is 14.3. The quantitative estimate of drug-likeness (QED) is 0.457. The first-order valence-electron chi connectivity index (χ1n) is 9.51. The van der Waals surface area contributed by atoms with Gasteiger partial charge in [0.15, 0.2) is 11.5 Å². The third kappa shape index (κ3) is 4.81. The maximum atomic E-state index is 13.9. The summed E-state index contributed by atoms with van der Waals surface area (Å²) >= 11 is 3.48. The third-order valence-electron chi connectivity index (χ3n) is 4.24. The average molecular weight is 477 g/mol. The zero-order chi connectivity index (χ0) is 21.8. The van der Waals surface area contributed by atoms with Crippen LogP contribution in [0.5, 0.6) is 11.5 Å². The molecule has 1 N–H and O–H groups in total. The van der Waals surface area contributed by atoms with E-state index in [1.165, 1.54) is 12.1 Å². The zero-order valence-electron chi connectivity index (χ0n) is 16.9. The first kappa shape index (κ1) is 21.8. The van der Waals surface area contributed by atoms with Gasteiger partial charge in [-0.25, -0.2) is 9.18 Å². The van der Waals surface area contributed by atoms with Gasteiger partial charge >= 0.3 is 6.03 Å². The van der Waals surface area contributed by atoms with Crippen molar-refractivity contribution in [3.63, 3.8) is 0 Å². The van der Waals surface area contributed by atoms with Crippen LogP contribution >= 0.6 is 15.9 Å². The lowest BCUT2D eigenvalue weighted by molar-refractivity contribution is -0.123. The van der Waals surface area contributed by atoms with Gasteiger partial charge in [0, 0.05) is 5.56 Å². The van der Waals surface area contributed by atoms with Gasteiger partial charge in [0.25, 0.3) is 5.91 Å². The van der Waals surface area contributed by atoms with Gasteiger partial charge in [-0.1, -0.05) is 18.2 Å². The van der Waals surface area contributed by atoms with Gasteiger partial charge in [0.2, 0.25) is 0 Å². The van der Waals surface area contributed by atoms with E-state index in [0.717, 1.165) is 4.90 Å².